The zero-order valence-corrected chi connectivity index (χ0v) is 73.5. The lowest BCUT2D eigenvalue weighted by Crippen LogP contribution is -2.16. The van der Waals surface area contributed by atoms with Crippen LogP contribution in [-0.4, -0.2) is 147 Å². The molecule has 0 saturated heterocycles. The molecule has 12 aromatic rings. The molecule has 0 amide bonds. The second-order valence-corrected chi connectivity index (χ2v) is 36.2. The SMILES string of the molecule is C1=N[C@H]2CCC[C@@H]2N=Cc2ccc(cc2)N2c3ccc(cc3)C=N[C@H]3CCC[C@@H]3N=Cc3ccc(cc3)N3c4ccc(cc4)C=N[C@H]4CCC[C@@H]4N=Cc4ccc(cc4)N(c4ccc1cc4)c1ccc(cc1)C=N[C@H]1CCC[C@@H]1N=Cc1ccc(cc1)N(c1ccc(cc1)C=N[C@H]1CCC[C@@H]1N=Cc1ccc2cc1)c1ccc(cc1)C=N[C@H]1CCC[C@@H]1N=Cc1ccc3cc1. The van der Waals surface area contributed by atoms with Crippen molar-refractivity contribution in [3.63, 3.8) is 0 Å². The van der Waals surface area contributed by atoms with E-state index in [9.17, 15) is 0 Å². The third-order valence-corrected chi connectivity index (χ3v) is 27.5. The maximum absolute atomic E-state index is 5.28. The number of nitrogens with zero attached hydrogens (tertiary/aromatic N) is 16. The van der Waals surface area contributed by atoms with Crippen LogP contribution in [0.1, 0.15) is 182 Å². The molecule has 0 aromatic heterocycles. The smallest absolute Gasteiger partial charge is 0.0723 e. The Hall–Kier alpha value is -14.1. The fraction of sp³-hybridized carbons (Fsp3) is 0.263. The second-order valence-electron chi connectivity index (χ2n) is 36.2. The van der Waals surface area contributed by atoms with Crippen LogP contribution >= 0.6 is 0 Å². The van der Waals surface area contributed by atoms with Gasteiger partial charge < -0.3 is 19.6 Å². The lowest BCUT2D eigenvalue weighted by Gasteiger charge is -2.26. The summed E-state index contributed by atoms with van der Waals surface area (Å²) in [4.78, 5) is 72.7. The topological polar surface area (TPSA) is 161 Å². The third kappa shape index (κ3) is 19.3. The molecule has 16 heteroatoms. The van der Waals surface area contributed by atoms with Crippen molar-refractivity contribution in [3.05, 3.63) is 358 Å². The average Bonchev–Trinajstić information content (AvgIpc) is 1.11. The fourth-order valence-corrected chi connectivity index (χ4v) is 20.1. The molecule has 34 aliphatic rings. The quantitative estimate of drug-likeness (QED) is 0.148. The summed E-state index contributed by atoms with van der Waals surface area (Å²) in [6.07, 6.45) is 42.9. The highest BCUT2D eigenvalue weighted by atomic mass is 15.2. The number of aliphatic imine (C=N–C) groups is 12. The van der Waals surface area contributed by atoms with Crippen molar-refractivity contribution in [2.75, 3.05) is 19.6 Å². The van der Waals surface area contributed by atoms with Crippen LogP contribution in [0.25, 0.3) is 0 Å². The molecule has 28 heterocycles. The second kappa shape index (κ2) is 38.8. The lowest BCUT2D eigenvalue weighted by atomic mass is 10.1. The minimum atomic E-state index is 0.0725. The molecular weight excluding hydrogens is 1590 g/mol. The van der Waals surface area contributed by atoms with E-state index >= 15 is 0 Å². The molecule has 16 nitrogen and oxygen atoms in total. The van der Waals surface area contributed by atoms with Crippen molar-refractivity contribution in [2.24, 2.45) is 59.9 Å². The number of benzene rings is 12. The number of hydrogen-bond acceptors (Lipinski definition) is 16. The van der Waals surface area contributed by atoms with Gasteiger partial charge in [0.1, 0.15) is 0 Å². The van der Waals surface area contributed by atoms with E-state index < -0.39 is 0 Å². The minimum Gasteiger partial charge on any atom is -0.311 e. The van der Waals surface area contributed by atoms with Crippen LogP contribution in [0.15, 0.2) is 351 Å². The van der Waals surface area contributed by atoms with E-state index in [4.69, 9.17) is 59.9 Å². The lowest BCUT2D eigenvalue weighted by molar-refractivity contribution is 0.612. The summed E-state index contributed by atoms with van der Waals surface area (Å²) >= 11 is 0. The molecule has 12 atom stereocenters. The van der Waals surface area contributed by atoms with E-state index in [0.717, 1.165) is 251 Å². The average molecular weight is 1700 g/mol. The van der Waals surface area contributed by atoms with Crippen LogP contribution in [0.4, 0.5) is 68.2 Å². The van der Waals surface area contributed by atoms with Crippen LogP contribution in [0.2, 0.25) is 0 Å². The first-order valence-electron chi connectivity index (χ1n) is 47.1. The zero-order chi connectivity index (χ0) is 86.7. The predicted octanol–water partition coefficient (Wildman–Crippen LogP) is 25.3. The molecule has 0 N–H and O–H groups in total. The Morgan fingerprint density at radius 3 is 0.269 bits per heavy atom. The highest BCUT2D eigenvalue weighted by Gasteiger charge is 2.32. The van der Waals surface area contributed by atoms with Crippen molar-refractivity contribution in [1.82, 2.24) is 0 Å². The highest BCUT2D eigenvalue weighted by molar-refractivity contribution is 5.93. The van der Waals surface area contributed by atoms with Gasteiger partial charge in [-0.1, -0.05) is 146 Å². The first-order valence-corrected chi connectivity index (χ1v) is 47.1. The van der Waals surface area contributed by atoms with Crippen molar-refractivity contribution in [3.8, 4) is 0 Å². The van der Waals surface area contributed by atoms with Crippen molar-refractivity contribution >= 4 is 143 Å². The molecule has 644 valence electrons. The molecule has 6 saturated carbocycles. The van der Waals surface area contributed by atoms with E-state index in [1.165, 1.54) is 0 Å². The molecule has 28 aliphatic heterocycles. The Morgan fingerprint density at radius 2 is 0.192 bits per heavy atom. The summed E-state index contributed by atoms with van der Waals surface area (Å²) in [5, 5.41) is 0. The van der Waals surface area contributed by atoms with Crippen LogP contribution in [0.3, 0.4) is 0 Å². The van der Waals surface area contributed by atoms with Crippen LogP contribution < -0.4 is 19.6 Å². The summed E-state index contributed by atoms with van der Waals surface area (Å²) in [6.45, 7) is 0. The Kier molecular flexibility index (Phi) is 24.7. The Balaban J connectivity index is 0.674. The van der Waals surface area contributed by atoms with Crippen LogP contribution in [0, 0.1) is 0 Å². The summed E-state index contributed by atoms with van der Waals surface area (Å²) in [6, 6.07) is 106. The van der Waals surface area contributed by atoms with Crippen LogP contribution in [0.5, 0.6) is 0 Å². The number of hydrogen-bond donors (Lipinski definition) is 0. The van der Waals surface area contributed by atoms with Gasteiger partial charge in [0.25, 0.3) is 0 Å². The number of anilines is 12. The van der Waals surface area contributed by atoms with E-state index in [0.29, 0.717) is 0 Å². The molecule has 46 rings (SSSR count). The van der Waals surface area contributed by atoms with Gasteiger partial charge in [-0.3, -0.25) is 59.9 Å². The monoisotopic (exact) mass is 1700 g/mol. The van der Waals surface area contributed by atoms with Gasteiger partial charge in [0.2, 0.25) is 0 Å². The van der Waals surface area contributed by atoms with Crippen molar-refractivity contribution in [1.29, 1.82) is 0 Å². The van der Waals surface area contributed by atoms with Gasteiger partial charge >= 0.3 is 0 Å². The molecule has 6 fully saturated rings. The van der Waals surface area contributed by atoms with Gasteiger partial charge in [-0.25, -0.2) is 0 Å². The standard InChI is InChI=1S/C114H108N16/c1-7-103-104(8-1)116-68-80-21-45-92(46-22-80)128-95-51-27-83(28-52-95)71-119-107-11-4-14-110(107)122-74-86-33-57-98(58-34-86)129-97-55-31-85(32-56-97)73-121-109-13-2-9-105(109)117-69-81-23-47-93(48-24-81)127(91-43-19-79(20-44-91)67-115-103)94-49-25-82(26-50-94)70-118-106-10-3-15-111(106)123-75-87-35-59-99(60-36-87)130(100-61-37-88(38-62-100)76-124-112-16-5-12-108(112)120-72-84-29-53-96(128)54-30-84)102-65-41-90(42-66-102)78-126-114-18-6-17-113(114)125-77-89-39-63-101(129)64-40-89/h19-78,103-114H,1-18H2/t103-,104-,105-,106-,107-,108-,109-,110-,111-,112-,113-,114-/m0/s1. The molecular formula is C114H108N16. The third-order valence-electron chi connectivity index (χ3n) is 27.5. The first-order chi connectivity index (χ1) is 64.3. The summed E-state index contributed by atoms with van der Waals surface area (Å²) in [5.41, 5.74) is 24.9. The van der Waals surface area contributed by atoms with E-state index in [1.54, 1.807) is 0 Å². The van der Waals surface area contributed by atoms with Crippen molar-refractivity contribution in [2.45, 2.75) is 188 Å². The minimum absolute atomic E-state index is 0.0725. The largest absolute Gasteiger partial charge is 0.311 e. The normalized spacial score (nSPS) is 23.6. The Labute approximate surface area is 763 Å². The van der Waals surface area contributed by atoms with E-state index in [-0.39, 0.29) is 72.5 Å². The van der Waals surface area contributed by atoms with E-state index in [1.807, 2.05) is 0 Å². The van der Waals surface area contributed by atoms with Gasteiger partial charge in [0.05, 0.1) is 72.5 Å². The fourth-order valence-electron chi connectivity index (χ4n) is 20.1. The van der Waals surface area contributed by atoms with Crippen molar-refractivity contribution < 1.29 is 0 Å². The van der Waals surface area contributed by atoms with Gasteiger partial charge in [-0.15, -0.1) is 0 Å². The highest BCUT2D eigenvalue weighted by Crippen LogP contribution is 2.42. The molecule has 28 bridgehead atoms. The summed E-state index contributed by atoms with van der Waals surface area (Å²) in [5.74, 6) is 0. The summed E-state index contributed by atoms with van der Waals surface area (Å²) in [7, 11) is 0. The molecule has 0 radical (unpaired) electrons. The number of rotatable bonds is 0. The Bertz CT molecular complexity index is 4890. The summed E-state index contributed by atoms with van der Waals surface area (Å²) < 4.78 is 0. The molecule has 130 heavy (non-hydrogen) atoms. The maximum Gasteiger partial charge on any atom is 0.0723 e. The van der Waals surface area contributed by atoms with Gasteiger partial charge in [0.15, 0.2) is 0 Å². The van der Waals surface area contributed by atoms with Gasteiger partial charge in [-0.2, -0.15) is 0 Å². The van der Waals surface area contributed by atoms with Gasteiger partial charge in [0, 0.05) is 143 Å². The molecule has 0 spiro atoms. The molecule has 0 unspecified atom stereocenters. The van der Waals surface area contributed by atoms with Crippen LogP contribution in [-0.2, 0) is 0 Å². The molecule has 6 aliphatic carbocycles. The predicted molar refractivity (Wildman–Crippen MR) is 544 cm³/mol. The van der Waals surface area contributed by atoms with Gasteiger partial charge in [-0.05, 0) is 328 Å². The Morgan fingerprint density at radius 1 is 0.115 bits per heavy atom. The maximum atomic E-state index is 5.28. The first kappa shape index (κ1) is 82.8. The van der Waals surface area contributed by atoms with E-state index in [2.05, 4.69) is 385 Å². The molecule has 12 aromatic carbocycles. The zero-order valence-electron chi connectivity index (χ0n) is 73.5.